The Hall–Kier alpha value is -2.70. The minimum atomic E-state index is -0.522. The number of carbonyl (C=O) groups is 2. The van der Waals surface area contributed by atoms with E-state index in [0.29, 0.717) is 32.5 Å². The van der Waals surface area contributed by atoms with Crippen LogP contribution in [0.3, 0.4) is 0 Å². The van der Waals surface area contributed by atoms with Crippen molar-refractivity contribution >= 4 is 11.8 Å². The Morgan fingerprint density at radius 2 is 2.08 bits per heavy atom. The second kappa shape index (κ2) is 6.90. The number of fused-ring (bicyclic) bond motifs is 1. The molecule has 136 valence electrons. The first kappa shape index (κ1) is 16.8. The third-order valence-corrected chi connectivity index (χ3v) is 5.22. The topological polar surface area (TPSA) is 58.4 Å². The number of carbonyl (C=O) groups excluding carboxylic acids is 2. The van der Waals surface area contributed by atoms with E-state index in [1.54, 1.807) is 23.2 Å². The van der Waals surface area contributed by atoms with Gasteiger partial charge in [0.2, 0.25) is 5.91 Å². The van der Waals surface area contributed by atoms with Crippen molar-refractivity contribution in [3.63, 3.8) is 0 Å². The highest BCUT2D eigenvalue weighted by Gasteiger charge is 2.33. The number of halogens is 1. The molecule has 1 fully saturated rings. The first-order valence-corrected chi connectivity index (χ1v) is 8.97. The smallest absolute Gasteiger partial charge is 0.257 e. The number of hydrogen-bond donors (Lipinski definition) is 0. The molecule has 1 atom stereocenters. The second-order valence-corrected chi connectivity index (χ2v) is 6.84. The fourth-order valence-electron chi connectivity index (χ4n) is 3.79. The standard InChI is InChI=1S/C19H21FN4O2/c20-17-5-2-1-4-16(17)19(26)23-13-15-7-9-21-24(15)11-8-14(23)12-22-10-3-6-18(22)25/h1-2,4-5,7,9,14H,3,6,8,10-13H2. The molecule has 6 nitrogen and oxygen atoms in total. The van der Waals surface area contributed by atoms with Crippen molar-refractivity contribution in [1.82, 2.24) is 19.6 Å². The summed E-state index contributed by atoms with van der Waals surface area (Å²) in [5.41, 5.74) is 0.989. The van der Waals surface area contributed by atoms with Gasteiger partial charge in [0.05, 0.1) is 23.8 Å². The molecule has 1 unspecified atom stereocenters. The first-order chi connectivity index (χ1) is 12.6. The Morgan fingerprint density at radius 3 is 2.85 bits per heavy atom. The average Bonchev–Trinajstić information content (AvgIpc) is 3.21. The molecule has 2 aliphatic heterocycles. The third kappa shape index (κ3) is 3.09. The van der Waals surface area contributed by atoms with Gasteiger partial charge >= 0.3 is 0 Å². The fourth-order valence-corrected chi connectivity index (χ4v) is 3.79. The highest BCUT2D eigenvalue weighted by Crippen LogP contribution is 2.23. The predicted molar refractivity (Wildman–Crippen MR) is 92.7 cm³/mol. The molecule has 2 aliphatic rings. The maximum Gasteiger partial charge on any atom is 0.257 e. The number of rotatable bonds is 3. The number of aryl methyl sites for hydroxylation is 1. The molecule has 3 heterocycles. The molecule has 0 radical (unpaired) electrons. The minimum absolute atomic E-state index is 0.0678. The summed E-state index contributed by atoms with van der Waals surface area (Å²) in [4.78, 5) is 28.7. The lowest BCUT2D eigenvalue weighted by molar-refractivity contribution is -0.128. The van der Waals surface area contributed by atoms with E-state index < -0.39 is 5.82 Å². The van der Waals surface area contributed by atoms with Gasteiger partial charge in [-0.05, 0) is 31.0 Å². The van der Waals surface area contributed by atoms with Gasteiger partial charge in [0, 0.05) is 32.3 Å². The SMILES string of the molecule is O=C1CCCN1CC1CCn2nccc2CN1C(=O)c1ccccc1F. The van der Waals surface area contributed by atoms with Crippen LogP contribution in [0.25, 0.3) is 0 Å². The third-order valence-electron chi connectivity index (χ3n) is 5.22. The van der Waals surface area contributed by atoms with Crippen LogP contribution in [0.5, 0.6) is 0 Å². The van der Waals surface area contributed by atoms with Crippen molar-refractivity contribution in [3.8, 4) is 0 Å². The van der Waals surface area contributed by atoms with Crippen LogP contribution >= 0.6 is 0 Å². The molecule has 1 saturated heterocycles. The quantitative estimate of drug-likeness (QED) is 0.846. The van der Waals surface area contributed by atoms with Crippen molar-refractivity contribution in [2.75, 3.05) is 13.1 Å². The van der Waals surface area contributed by atoms with Gasteiger partial charge in [-0.15, -0.1) is 0 Å². The summed E-state index contributed by atoms with van der Waals surface area (Å²) in [7, 11) is 0. The number of likely N-dealkylation sites (tertiary alicyclic amines) is 1. The van der Waals surface area contributed by atoms with E-state index in [2.05, 4.69) is 5.10 Å². The zero-order chi connectivity index (χ0) is 18.1. The molecule has 0 saturated carbocycles. The molecule has 4 rings (SSSR count). The summed E-state index contributed by atoms with van der Waals surface area (Å²) >= 11 is 0. The Morgan fingerprint density at radius 1 is 1.23 bits per heavy atom. The monoisotopic (exact) mass is 356 g/mol. The summed E-state index contributed by atoms with van der Waals surface area (Å²) < 4.78 is 16.1. The van der Waals surface area contributed by atoms with E-state index in [1.165, 1.54) is 12.1 Å². The number of nitrogens with zero attached hydrogens (tertiary/aromatic N) is 4. The molecule has 0 aliphatic carbocycles. The van der Waals surface area contributed by atoms with Crippen LogP contribution in [0, 0.1) is 5.82 Å². The summed E-state index contributed by atoms with van der Waals surface area (Å²) in [5, 5.41) is 4.31. The van der Waals surface area contributed by atoms with Gasteiger partial charge in [-0.2, -0.15) is 5.10 Å². The molecular formula is C19H21FN4O2. The van der Waals surface area contributed by atoms with Crippen LogP contribution in [0.2, 0.25) is 0 Å². The molecular weight excluding hydrogens is 335 g/mol. The van der Waals surface area contributed by atoms with Crippen molar-refractivity contribution in [2.45, 2.75) is 38.4 Å². The van der Waals surface area contributed by atoms with Crippen molar-refractivity contribution < 1.29 is 14.0 Å². The van der Waals surface area contributed by atoms with Gasteiger partial charge in [0.15, 0.2) is 0 Å². The molecule has 7 heteroatoms. The van der Waals surface area contributed by atoms with Crippen LogP contribution in [0.4, 0.5) is 4.39 Å². The number of hydrogen-bond acceptors (Lipinski definition) is 3. The normalized spacial score (nSPS) is 20.2. The molecule has 0 N–H and O–H groups in total. The average molecular weight is 356 g/mol. The number of benzene rings is 1. The lowest BCUT2D eigenvalue weighted by atomic mass is 10.1. The summed E-state index contributed by atoms with van der Waals surface area (Å²) in [6.45, 7) is 2.25. The molecule has 1 aromatic heterocycles. The largest absolute Gasteiger partial charge is 0.341 e. The molecule has 26 heavy (non-hydrogen) atoms. The Kier molecular flexibility index (Phi) is 4.44. The van der Waals surface area contributed by atoms with E-state index in [1.807, 2.05) is 15.6 Å². The molecule has 0 spiro atoms. The predicted octanol–water partition coefficient (Wildman–Crippen LogP) is 2.06. The minimum Gasteiger partial charge on any atom is -0.341 e. The zero-order valence-corrected chi connectivity index (χ0v) is 14.5. The van der Waals surface area contributed by atoms with Crippen LogP contribution < -0.4 is 0 Å². The van der Waals surface area contributed by atoms with E-state index in [-0.39, 0.29) is 23.4 Å². The highest BCUT2D eigenvalue weighted by atomic mass is 19.1. The van der Waals surface area contributed by atoms with Gasteiger partial charge in [-0.1, -0.05) is 12.1 Å². The van der Waals surface area contributed by atoms with Crippen molar-refractivity contribution in [2.24, 2.45) is 0 Å². The Bertz CT molecular complexity index is 834. The van der Waals surface area contributed by atoms with Gasteiger partial charge < -0.3 is 9.80 Å². The summed E-state index contributed by atoms with van der Waals surface area (Å²) in [5.74, 6) is -0.731. The zero-order valence-electron chi connectivity index (χ0n) is 14.5. The maximum absolute atomic E-state index is 14.2. The Labute approximate surface area is 151 Å². The van der Waals surface area contributed by atoms with Gasteiger partial charge in [-0.25, -0.2) is 4.39 Å². The molecule has 1 aromatic carbocycles. The van der Waals surface area contributed by atoms with Crippen LogP contribution in [-0.2, 0) is 17.9 Å². The van der Waals surface area contributed by atoms with Crippen molar-refractivity contribution in [3.05, 3.63) is 53.6 Å². The number of amides is 2. The maximum atomic E-state index is 14.2. The lowest BCUT2D eigenvalue weighted by Crippen LogP contribution is -2.46. The van der Waals surface area contributed by atoms with E-state index >= 15 is 0 Å². The Balaban J connectivity index is 1.64. The van der Waals surface area contributed by atoms with Gasteiger partial charge in [0.1, 0.15) is 5.82 Å². The first-order valence-electron chi connectivity index (χ1n) is 8.97. The molecule has 2 aromatic rings. The lowest BCUT2D eigenvalue weighted by Gasteiger charge is -2.33. The van der Waals surface area contributed by atoms with Gasteiger partial charge in [0.25, 0.3) is 5.91 Å². The fraction of sp³-hybridized carbons (Fsp3) is 0.421. The van der Waals surface area contributed by atoms with Crippen LogP contribution in [-0.4, -0.2) is 50.5 Å². The van der Waals surface area contributed by atoms with Gasteiger partial charge in [-0.3, -0.25) is 14.3 Å². The van der Waals surface area contributed by atoms with E-state index in [0.717, 1.165) is 18.7 Å². The van der Waals surface area contributed by atoms with Crippen LogP contribution in [0.1, 0.15) is 35.3 Å². The summed E-state index contributed by atoms with van der Waals surface area (Å²) in [6.07, 6.45) is 3.81. The number of aromatic nitrogens is 2. The second-order valence-electron chi connectivity index (χ2n) is 6.84. The van der Waals surface area contributed by atoms with E-state index in [4.69, 9.17) is 0 Å². The van der Waals surface area contributed by atoms with E-state index in [9.17, 15) is 14.0 Å². The summed E-state index contributed by atoms with van der Waals surface area (Å²) in [6, 6.07) is 7.77. The van der Waals surface area contributed by atoms with Crippen LogP contribution in [0.15, 0.2) is 36.5 Å². The molecule has 2 amide bonds. The highest BCUT2D eigenvalue weighted by molar-refractivity contribution is 5.94. The van der Waals surface area contributed by atoms with Crippen molar-refractivity contribution in [1.29, 1.82) is 0 Å². The molecule has 0 bridgehead atoms.